The molecule has 1 aromatic carbocycles. The van der Waals surface area contributed by atoms with Crippen molar-refractivity contribution in [2.75, 3.05) is 13.2 Å². The van der Waals surface area contributed by atoms with Crippen molar-refractivity contribution in [3.8, 4) is 0 Å². The van der Waals surface area contributed by atoms with Gasteiger partial charge in [0.2, 0.25) is 0 Å². The molecule has 1 N–H and O–H groups in total. The average Bonchev–Trinajstić information content (AvgIpc) is 2.36. The number of rotatable bonds is 8. The molecule has 0 aliphatic carbocycles. The third-order valence-corrected chi connectivity index (χ3v) is 3.04. The quantitative estimate of drug-likeness (QED) is 0.712. The van der Waals surface area contributed by atoms with E-state index in [1.54, 1.807) is 0 Å². The van der Waals surface area contributed by atoms with Gasteiger partial charge in [-0.05, 0) is 35.9 Å². The van der Waals surface area contributed by atoms with Gasteiger partial charge in [-0.2, -0.15) is 0 Å². The normalized spacial score (nSPS) is 11.8. The molecular weight excluding hydrogens is 234 g/mol. The first-order valence-corrected chi connectivity index (χ1v) is 7.37. The molecule has 0 radical (unpaired) electrons. The minimum Gasteiger partial charge on any atom is -0.377 e. The fourth-order valence-corrected chi connectivity index (χ4v) is 1.73. The van der Waals surface area contributed by atoms with Crippen molar-refractivity contribution in [1.82, 2.24) is 5.32 Å². The largest absolute Gasteiger partial charge is 0.377 e. The summed E-state index contributed by atoms with van der Waals surface area (Å²) in [6, 6.07) is 8.70. The Kier molecular flexibility index (Phi) is 7.11. The number of nitrogens with one attached hydrogen (secondary N) is 1. The molecule has 0 amide bonds. The minimum atomic E-state index is 0.356. The topological polar surface area (TPSA) is 21.3 Å². The highest BCUT2D eigenvalue weighted by Gasteiger charge is 2.09. The molecule has 1 aromatic rings. The highest BCUT2D eigenvalue weighted by molar-refractivity contribution is 5.21. The molecule has 2 heteroatoms. The number of ether oxygens (including phenoxy) is 1. The fraction of sp³-hybridized carbons (Fsp3) is 0.647. The summed E-state index contributed by atoms with van der Waals surface area (Å²) < 4.78 is 5.72. The van der Waals surface area contributed by atoms with Crippen LogP contribution < -0.4 is 5.32 Å². The lowest BCUT2D eigenvalue weighted by Gasteiger charge is -2.17. The van der Waals surface area contributed by atoms with Gasteiger partial charge in [0.05, 0.1) is 6.61 Å². The molecule has 108 valence electrons. The second-order valence-electron chi connectivity index (χ2n) is 6.36. The molecule has 0 aliphatic rings. The summed E-state index contributed by atoms with van der Waals surface area (Å²) in [5.74, 6) is 0. The second-order valence-corrected chi connectivity index (χ2v) is 6.36. The Bertz CT molecular complexity index is 337. The number of hydrogen-bond donors (Lipinski definition) is 1. The molecule has 1 rings (SSSR count). The molecule has 0 fully saturated rings. The number of hydrogen-bond acceptors (Lipinski definition) is 2. The summed E-state index contributed by atoms with van der Waals surface area (Å²) in [6.07, 6.45) is 2.28. The van der Waals surface area contributed by atoms with Crippen molar-refractivity contribution in [3.05, 3.63) is 35.4 Å². The van der Waals surface area contributed by atoms with Gasteiger partial charge in [-0.15, -0.1) is 0 Å². The van der Waals surface area contributed by atoms with E-state index in [4.69, 9.17) is 4.74 Å². The van der Waals surface area contributed by atoms with Gasteiger partial charge in [-0.1, -0.05) is 52.0 Å². The Labute approximate surface area is 118 Å². The first kappa shape index (κ1) is 16.2. The lowest BCUT2D eigenvalue weighted by Crippen LogP contribution is -2.13. The zero-order valence-electron chi connectivity index (χ0n) is 13.0. The Morgan fingerprint density at radius 1 is 1.05 bits per heavy atom. The molecular formula is C17H29NO. The summed E-state index contributed by atoms with van der Waals surface area (Å²) in [6.45, 7) is 12.5. The van der Waals surface area contributed by atoms with Crippen molar-refractivity contribution in [2.24, 2.45) is 5.41 Å². The smallest absolute Gasteiger partial charge is 0.0716 e. The molecule has 0 unspecified atom stereocenters. The molecule has 0 aliphatic heterocycles. The minimum absolute atomic E-state index is 0.356. The van der Waals surface area contributed by atoms with Crippen LogP contribution in [0.5, 0.6) is 0 Å². The predicted molar refractivity (Wildman–Crippen MR) is 82.2 cm³/mol. The third-order valence-electron chi connectivity index (χ3n) is 3.04. The molecule has 0 atom stereocenters. The number of benzene rings is 1. The van der Waals surface area contributed by atoms with E-state index < -0.39 is 0 Å². The Morgan fingerprint density at radius 2 is 1.68 bits per heavy atom. The van der Waals surface area contributed by atoms with Crippen molar-refractivity contribution < 1.29 is 4.74 Å². The van der Waals surface area contributed by atoms with Crippen LogP contribution in [0.4, 0.5) is 0 Å². The average molecular weight is 263 g/mol. The lowest BCUT2D eigenvalue weighted by atomic mass is 9.93. The van der Waals surface area contributed by atoms with Crippen molar-refractivity contribution >= 4 is 0 Å². The van der Waals surface area contributed by atoms with Crippen LogP contribution in [0, 0.1) is 5.41 Å². The highest BCUT2D eigenvalue weighted by atomic mass is 16.5. The molecule has 0 heterocycles. The van der Waals surface area contributed by atoms with Gasteiger partial charge in [0.25, 0.3) is 0 Å². The first-order valence-electron chi connectivity index (χ1n) is 7.37. The maximum Gasteiger partial charge on any atom is 0.0716 e. The van der Waals surface area contributed by atoms with Gasteiger partial charge in [-0.3, -0.25) is 0 Å². The summed E-state index contributed by atoms with van der Waals surface area (Å²) >= 11 is 0. The Hall–Kier alpha value is -0.860. The predicted octanol–water partition coefficient (Wildman–Crippen LogP) is 4.14. The van der Waals surface area contributed by atoms with Crippen LogP contribution in [0.2, 0.25) is 0 Å². The third kappa shape index (κ3) is 8.02. The van der Waals surface area contributed by atoms with Crippen LogP contribution in [-0.2, 0) is 17.9 Å². The molecule has 2 nitrogen and oxygen atoms in total. The van der Waals surface area contributed by atoms with E-state index in [0.29, 0.717) is 5.41 Å². The molecule has 0 spiro atoms. The van der Waals surface area contributed by atoms with Crippen LogP contribution in [0.3, 0.4) is 0 Å². The van der Waals surface area contributed by atoms with E-state index in [1.165, 1.54) is 17.5 Å². The SMILES string of the molecule is CCCNCc1ccc(COCCC(C)(C)C)cc1. The van der Waals surface area contributed by atoms with Gasteiger partial charge in [0, 0.05) is 13.2 Å². The van der Waals surface area contributed by atoms with Gasteiger partial charge in [-0.25, -0.2) is 0 Å². The van der Waals surface area contributed by atoms with E-state index in [2.05, 4.69) is 57.3 Å². The van der Waals surface area contributed by atoms with Crippen LogP contribution in [0.1, 0.15) is 51.7 Å². The van der Waals surface area contributed by atoms with Crippen LogP contribution in [0.15, 0.2) is 24.3 Å². The zero-order chi connectivity index (χ0) is 14.1. The van der Waals surface area contributed by atoms with Gasteiger partial charge in [0.15, 0.2) is 0 Å². The summed E-state index contributed by atoms with van der Waals surface area (Å²) in [5.41, 5.74) is 2.95. The van der Waals surface area contributed by atoms with E-state index in [9.17, 15) is 0 Å². The van der Waals surface area contributed by atoms with Crippen molar-refractivity contribution in [2.45, 2.75) is 53.7 Å². The van der Waals surface area contributed by atoms with E-state index in [1.807, 2.05) is 0 Å². The van der Waals surface area contributed by atoms with E-state index in [-0.39, 0.29) is 0 Å². The summed E-state index contributed by atoms with van der Waals surface area (Å²) in [5, 5.41) is 3.41. The van der Waals surface area contributed by atoms with Crippen molar-refractivity contribution in [1.29, 1.82) is 0 Å². The molecule has 0 aromatic heterocycles. The van der Waals surface area contributed by atoms with E-state index >= 15 is 0 Å². The standard InChI is InChI=1S/C17H29NO/c1-5-11-18-13-15-6-8-16(9-7-15)14-19-12-10-17(2,3)4/h6-9,18H,5,10-14H2,1-4H3. The van der Waals surface area contributed by atoms with Gasteiger partial charge >= 0.3 is 0 Å². The maximum absolute atomic E-state index is 5.72. The fourth-order valence-electron chi connectivity index (χ4n) is 1.73. The summed E-state index contributed by atoms with van der Waals surface area (Å²) in [4.78, 5) is 0. The van der Waals surface area contributed by atoms with E-state index in [0.717, 1.165) is 32.7 Å². The Morgan fingerprint density at radius 3 is 2.26 bits per heavy atom. The molecule has 0 saturated carbocycles. The second kappa shape index (κ2) is 8.34. The van der Waals surface area contributed by atoms with Gasteiger partial charge in [0.1, 0.15) is 0 Å². The van der Waals surface area contributed by atoms with Crippen LogP contribution in [0.25, 0.3) is 0 Å². The molecule has 0 saturated heterocycles. The van der Waals surface area contributed by atoms with Gasteiger partial charge < -0.3 is 10.1 Å². The highest BCUT2D eigenvalue weighted by Crippen LogP contribution is 2.18. The summed E-state index contributed by atoms with van der Waals surface area (Å²) in [7, 11) is 0. The first-order chi connectivity index (χ1) is 9.01. The van der Waals surface area contributed by atoms with Crippen LogP contribution >= 0.6 is 0 Å². The molecule has 19 heavy (non-hydrogen) atoms. The zero-order valence-corrected chi connectivity index (χ0v) is 13.0. The van der Waals surface area contributed by atoms with Crippen molar-refractivity contribution in [3.63, 3.8) is 0 Å². The Balaban J connectivity index is 2.24. The lowest BCUT2D eigenvalue weighted by molar-refractivity contribution is 0.0962. The molecule has 0 bridgehead atoms. The monoisotopic (exact) mass is 263 g/mol. The van der Waals surface area contributed by atoms with Crippen LogP contribution in [-0.4, -0.2) is 13.2 Å². The maximum atomic E-state index is 5.72.